The van der Waals surface area contributed by atoms with Gasteiger partial charge >= 0.3 is 0 Å². The molecule has 1 aromatic heterocycles. The van der Waals surface area contributed by atoms with Crippen molar-refractivity contribution in [3.63, 3.8) is 0 Å². The molecule has 4 nitrogen and oxygen atoms in total. The van der Waals surface area contributed by atoms with Crippen LogP contribution in [0.5, 0.6) is 0 Å². The average molecular weight is 255 g/mol. The van der Waals surface area contributed by atoms with E-state index in [0.29, 0.717) is 12.5 Å². The maximum Gasteiger partial charge on any atom is 0.195 e. The SMILES string of the molecule is COCCn1c(C2CCC(C)CC2)n[nH]c1=S. The Morgan fingerprint density at radius 1 is 1.41 bits per heavy atom. The molecular weight excluding hydrogens is 234 g/mol. The molecule has 17 heavy (non-hydrogen) atoms. The Bertz CT molecular complexity index is 404. The van der Waals surface area contributed by atoms with Gasteiger partial charge in [-0.1, -0.05) is 19.8 Å². The quantitative estimate of drug-likeness (QED) is 0.841. The molecule has 1 aliphatic carbocycles. The van der Waals surface area contributed by atoms with Gasteiger partial charge in [-0.05, 0) is 31.0 Å². The molecule has 0 amide bonds. The molecule has 1 heterocycles. The van der Waals surface area contributed by atoms with Gasteiger partial charge in [-0.3, -0.25) is 5.10 Å². The zero-order valence-corrected chi connectivity index (χ0v) is 11.4. The standard InChI is InChI=1S/C12H21N3OS/c1-9-3-5-10(6-4-9)11-13-14-12(17)15(11)7-8-16-2/h9-10H,3-8H2,1-2H3,(H,14,17). The highest BCUT2D eigenvalue weighted by molar-refractivity contribution is 7.71. The summed E-state index contributed by atoms with van der Waals surface area (Å²) in [6.45, 7) is 3.81. The molecule has 96 valence electrons. The van der Waals surface area contributed by atoms with Gasteiger partial charge in [0, 0.05) is 19.6 Å². The van der Waals surface area contributed by atoms with Crippen molar-refractivity contribution < 1.29 is 4.74 Å². The van der Waals surface area contributed by atoms with E-state index in [-0.39, 0.29) is 0 Å². The van der Waals surface area contributed by atoms with Crippen molar-refractivity contribution in [1.29, 1.82) is 0 Å². The first-order chi connectivity index (χ1) is 8.22. The lowest BCUT2D eigenvalue weighted by molar-refractivity contribution is 0.184. The van der Waals surface area contributed by atoms with Crippen LogP contribution in [-0.4, -0.2) is 28.5 Å². The monoisotopic (exact) mass is 255 g/mol. The van der Waals surface area contributed by atoms with Crippen molar-refractivity contribution in [1.82, 2.24) is 14.8 Å². The van der Waals surface area contributed by atoms with Crippen LogP contribution in [-0.2, 0) is 11.3 Å². The summed E-state index contributed by atoms with van der Waals surface area (Å²) in [7, 11) is 1.71. The van der Waals surface area contributed by atoms with Crippen molar-refractivity contribution >= 4 is 12.2 Å². The molecule has 0 atom stereocenters. The van der Waals surface area contributed by atoms with Crippen molar-refractivity contribution in [3.05, 3.63) is 10.6 Å². The highest BCUT2D eigenvalue weighted by Crippen LogP contribution is 2.34. The van der Waals surface area contributed by atoms with Gasteiger partial charge in [0.2, 0.25) is 0 Å². The first-order valence-corrected chi connectivity index (χ1v) is 6.77. The van der Waals surface area contributed by atoms with Crippen LogP contribution in [0.1, 0.15) is 44.3 Å². The van der Waals surface area contributed by atoms with Crippen LogP contribution in [0.3, 0.4) is 0 Å². The number of methoxy groups -OCH3 is 1. The van der Waals surface area contributed by atoms with Gasteiger partial charge in [0.1, 0.15) is 5.82 Å². The van der Waals surface area contributed by atoms with E-state index in [4.69, 9.17) is 17.0 Å². The summed E-state index contributed by atoms with van der Waals surface area (Å²) in [6.07, 6.45) is 5.06. The van der Waals surface area contributed by atoms with Gasteiger partial charge in [0.25, 0.3) is 0 Å². The van der Waals surface area contributed by atoms with Crippen molar-refractivity contribution in [2.45, 2.75) is 45.1 Å². The van der Waals surface area contributed by atoms with E-state index in [9.17, 15) is 0 Å². The lowest BCUT2D eigenvalue weighted by Crippen LogP contribution is -2.17. The fraction of sp³-hybridized carbons (Fsp3) is 0.833. The number of ether oxygens (including phenoxy) is 1. The maximum atomic E-state index is 5.27. The maximum absolute atomic E-state index is 5.27. The number of aromatic nitrogens is 3. The van der Waals surface area contributed by atoms with Gasteiger partial charge < -0.3 is 9.30 Å². The number of aromatic amines is 1. The molecule has 1 fully saturated rings. The van der Waals surface area contributed by atoms with Crippen LogP contribution in [0.2, 0.25) is 0 Å². The number of nitrogens with one attached hydrogen (secondary N) is 1. The van der Waals surface area contributed by atoms with Crippen molar-refractivity contribution in [2.75, 3.05) is 13.7 Å². The summed E-state index contributed by atoms with van der Waals surface area (Å²) in [5.41, 5.74) is 0. The fourth-order valence-electron chi connectivity index (χ4n) is 2.56. The van der Waals surface area contributed by atoms with E-state index < -0.39 is 0 Å². The summed E-state index contributed by atoms with van der Waals surface area (Å²) in [5.74, 6) is 2.55. The van der Waals surface area contributed by atoms with E-state index in [1.807, 2.05) is 0 Å². The molecule has 0 aromatic carbocycles. The Hall–Kier alpha value is -0.680. The zero-order chi connectivity index (χ0) is 12.3. The minimum atomic E-state index is 0.566. The van der Waals surface area contributed by atoms with Gasteiger partial charge in [0.05, 0.1) is 6.61 Å². The number of hydrogen-bond donors (Lipinski definition) is 1. The molecule has 0 aliphatic heterocycles. The molecule has 0 spiro atoms. The second-order valence-corrected chi connectivity index (χ2v) is 5.37. The Morgan fingerprint density at radius 2 is 2.12 bits per heavy atom. The summed E-state index contributed by atoms with van der Waals surface area (Å²) in [6, 6.07) is 0. The van der Waals surface area contributed by atoms with Crippen LogP contribution in [0.25, 0.3) is 0 Å². The van der Waals surface area contributed by atoms with E-state index >= 15 is 0 Å². The van der Waals surface area contributed by atoms with E-state index in [1.54, 1.807) is 7.11 Å². The highest BCUT2D eigenvalue weighted by atomic mass is 32.1. The average Bonchev–Trinajstić information content (AvgIpc) is 2.69. The third-order valence-corrected chi connectivity index (χ3v) is 4.00. The Balaban J connectivity index is 2.12. The third kappa shape index (κ3) is 2.96. The number of nitrogens with zero attached hydrogens (tertiary/aromatic N) is 2. The topological polar surface area (TPSA) is 42.8 Å². The van der Waals surface area contributed by atoms with Crippen molar-refractivity contribution in [2.24, 2.45) is 5.92 Å². The normalized spacial score (nSPS) is 25.1. The lowest BCUT2D eigenvalue weighted by Gasteiger charge is -2.25. The predicted octanol–water partition coefficient (Wildman–Crippen LogP) is 2.88. The third-order valence-electron chi connectivity index (χ3n) is 3.69. The van der Waals surface area contributed by atoms with Crippen LogP contribution in [0.15, 0.2) is 0 Å². The zero-order valence-electron chi connectivity index (χ0n) is 10.6. The van der Waals surface area contributed by atoms with Crippen LogP contribution < -0.4 is 0 Å². The first-order valence-electron chi connectivity index (χ1n) is 6.36. The molecule has 5 heteroatoms. The summed E-state index contributed by atoms with van der Waals surface area (Å²) >= 11 is 5.27. The second kappa shape index (κ2) is 5.78. The predicted molar refractivity (Wildman–Crippen MR) is 69.7 cm³/mol. The molecule has 1 aliphatic rings. The Morgan fingerprint density at radius 3 is 2.76 bits per heavy atom. The Labute approximate surface area is 107 Å². The molecule has 1 saturated carbocycles. The molecule has 2 rings (SSSR count). The largest absolute Gasteiger partial charge is 0.383 e. The van der Waals surface area contributed by atoms with Gasteiger partial charge in [-0.15, -0.1) is 0 Å². The van der Waals surface area contributed by atoms with Crippen molar-refractivity contribution in [3.8, 4) is 0 Å². The minimum absolute atomic E-state index is 0.566. The van der Waals surface area contributed by atoms with Gasteiger partial charge in [0.15, 0.2) is 4.77 Å². The molecule has 1 N–H and O–H groups in total. The van der Waals surface area contributed by atoms with Crippen LogP contribution in [0.4, 0.5) is 0 Å². The molecular formula is C12H21N3OS. The van der Waals surface area contributed by atoms with E-state index in [0.717, 1.165) is 23.1 Å². The summed E-state index contributed by atoms with van der Waals surface area (Å²) in [4.78, 5) is 0. The number of H-pyrrole nitrogens is 1. The number of rotatable bonds is 4. The summed E-state index contributed by atoms with van der Waals surface area (Å²) < 4.78 is 7.94. The molecule has 0 saturated heterocycles. The van der Waals surface area contributed by atoms with Crippen LogP contribution in [0, 0.1) is 10.7 Å². The lowest BCUT2D eigenvalue weighted by atomic mass is 9.82. The highest BCUT2D eigenvalue weighted by Gasteiger charge is 2.23. The fourth-order valence-corrected chi connectivity index (χ4v) is 2.79. The molecule has 0 radical (unpaired) electrons. The number of hydrogen-bond acceptors (Lipinski definition) is 3. The molecule has 1 aromatic rings. The van der Waals surface area contributed by atoms with E-state index in [2.05, 4.69) is 21.7 Å². The first kappa shape index (κ1) is 12.8. The smallest absolute Gasteiger partial charge is 0.195 e. The van der Waals surface area contributed by atoms with E-state index in [1.165, 1.54) is 25.7 Å². The summed E-state index contributed by atoms with van der Waals surface area (Å²) in [5, 5.41) is 7.32. The molecule has 0 unspecified atom stereocenters. The van der Waals surface area contributed by atoms with Gasteiger partial charge in [-0.2, -0.15) is 5.10 Å². The Kier molecular flexibility index (Phi) is 4.34. The minimum Gasteiger partial charge on any atom is -0.383 e. The second-order valence-electron chi connectivity index (χ2n) is 4.99. The molecule has 0 bridgehead atoms. The van der Waals surface area contributed by atoms with Crippen LogP contribution >= 0.6 is 12.2 Å². The van der Waals surface area contributed by atoms with Gasteiger partial charge in [-0.25, -0.2) is 0 Å².